The number of hydrogen-bond donors (Lipinski definition) is 1. The molecule has 7 heteroatoms. The first-order valence-corrected chi connectivity index (χ1v) is 9.53. The standard InChI is InChI=1S/C14H23FN2O2S2/c1-6-11(8-20-5)17(4)21(18,19)14-9(2)7-12(15)13(16)10(14)3/h7,11H,6,8,16H2,1-5H3. The minimum Gasteiger partial charge on any atom is -0.396 e. The van der Waals surface area contributed by atoms with Gasteiger partial charge in [0.1, 0.15) is 5.82 Å². The summed E-state index contributed by atoms with van der Waals surface area (Å²) in [6.07, 6.45) is 2.65. The summed E-state index contributed by atoms with van der Waals surface area (Å²) in [6.45, 7) is 5.08. The van der Waals surface area contributed by atoms with Crippen LogP contribution in [0.15, 0.2) is 11.0 Å². The fourth-order valence-corrected chi connectivity index (χ4v) is 5.15. The molecule has 1 unspecified atom stereocenters. The van der Waals surface area contributed by atoms with Crippen molar-refractivity contribution >= 4 is 27.5 Å². The fourth-order valence-electron chi connectivity index (χ4n) is 2.34. The summed E-state index contributed by atoms with van der Waals surface area (Å²) in [4.78, 5) is 0.114. The van der Waals surface area contributed by atoms with Crippen LogP contribution in [0.3, 0.4) is 0 Å². The van der Waals surface area contributed by atoms with Crippen molar-refractivity contribution in [2.75, 3.05) is 24.8 Å². The van der Waals surface area contributed by atoms with Gasteiger partial charge in [0.25, 0.3) is 0 Å². The number of thioether (sulfide) groups is 1. The first-order chi connectivity index (χ1) is 9.68. The maximum atomic E-state index is 13.6. The third kappa shape index (κ3) is 3.52. The molecule has 4 nitrogen and oxygen atoms in total. The Labute approximate surface area is 131 Å². The largest absolute Gasteiger partial charge is 0.396 e. The Morgan fingerprint density at radius 3 is 2.48 bits per heavy atom. The molecule has 0 aliphatic rings. The van der Waals surface area contributed by atoms with Crippen LogP contribution in [0.1, 0.15) is 24.5 Å². The van der Waals surface area contributed by atoms with Crippen molar-refractivity contribution in [1.29, 1.82) is 0 Å². The molecule has 0 heterocycles. The van der Waals surface area contributed by atoms with Crippen molar-refractivity contribution in [2.45, 2.75) is 38.1 Å². The van der Waals surface area contributed by atoms with Crippen LogP contribution in [0.5, 0.6) is 0 Å². The van der Waals surface area contributed by atoms with Gasteiger partial charge in [-0.2, -0.15) is 16.1 Å². The number of sulfonamides is 1. The molecule has 0 saturated carbocycles. The van der Waals surface area contributed by atoms with E-state index in [1.165, 1.54) is 10.4 Å². The van der Waals surface area contributed by atoms with E-state index in [1.54, 1.807) is 32.7 Å². The van der Waals surface area contributed by atoms with E-state index in [9.17, 15) is 12.8 Å². The zero-order valence-electron chi connectivity index (χ0n) is 13.1. The molecule has 0 spiro atoms. The maximum absolute atomic E-state index is 13.6. The van der Waals surface area contributed by atoms with E-state index < -0.39 is 15.8 Å². The van der Waals surface area contributed by atoms with E-state index >= 15 is 0 Å². The summed E-state index contributed by atoms with van der Waals surface area (Å²) >= 11 is 1.60. The highest BCUT2D eigenvalue weighted by Gasteiger charge is 2.30. The third-order valence-corrected chi connectivity index (χ3v) is 6.60. The molecule has 1 aromatic carbocycles. The van der Waals surface area contributed by atoms with Crippen molar-refractivity contribution in [3.8, 4) is 0 Å². The van der Waals surface area contributed by atoms with Gasteiger partial charge in [-0.1, -0.05) is 6.92 Å². The van der Waals surface area contributed by atoms with Gasteiger partial charge in [0.2, 0.25) is 10.0 Å². The first kappa shape index (κ1) is 18.3. The van der Waals surface area contributed by atoms with Crippen LogP contribution in [-0.4, -0.2) is 37.8 Å². The predicted molar refractivity (Wildman–Crippen MR) is 87.7 cm³/mol. The van der Waals surface area contributed by atoms with Crippen LogP contribution in [0.2, 0.25) is 0 Å². The molecule has 0 bridgehead atoms. The highest BCUT2D eigenvalue weighted by Crippen LogP contribution is 2.30. The van der Waals surface area contributed by atoms with Crippen molar-refractivity contribution in [3.05, 3.63) is 23.0 Å². The molecule has 0 aliphatic carbocycles. The lowest BCUT2D eigenvalue weighted by atomic mass is 10.1. The number of halogens is 1. The minimum atomic E-state index is -3.70. The summed E-state index contributed by atoms with van der Waals surface area (Å²) in [6, 6.07) is 1.08. The molecular formula is C14H23FN2O2S2. The van der Waals surface area contributed by atoms with E-state index in [2.05, 4.69) is 0 Å². The van der Waals surface area contributed by atoms with Crippen molar-refractivity contribution < 1.29 is 12.8 Å². The molecule has 0 fully saturated rings. The van der Waals surface area contributed by atoms with Crippen LogP contribution in [0.4, 0.5) is 10.1 Å². The minimum absolute atomic E-state index is 0.102. The molecule has 1 aromatic rings. The second kappa shape index (κ2) is 6.98. The zero-order chi connectivity index (χ0) is 16.4. The molecule has 0 amide bonds. The molecule has 120 valence electrons. The summed E-state index contributed by atoms with van der Waals surface area (Å²) in [5.41, 5.74) is 6.20. The summed E-state index contributed by atoms with van der Waals surface area (Å²) in [5, 5.41) is 0. The number of nitrogens with zero attached hydrogens (tertiary/aromatic N) is 1. The van der Waals surface area contributed by atoms with E-state index in [0.29, 0.717) is 17.7 Å². The number of nitrogen functional groups attached to an aromatic ring is 1. The number of hydrogen-bond acceptors (Lipinski definition) is 4. The van der Waals surface area contributed by atoms with Gasteiger partial charge in [0.15, 0.2) is 0 Å². The van der Waals surface area contributed by atoms with Crippen LogP contribution >= 0.6 is 11.8 Å². The Hall–Kier alpha value is -0.790. The van der Waals surface area contributed by atoms with Crippen molar-refractivity contribution in [2.24, 2.45) is 0 Å². The monoisotopic (exact) mass is 334 g/mol. The number of benzene rings is 1. The smallest absolute Gasteiger partial charge is 0.243 e. The molecule has 0 aromatic heterocycles. The molecular weight excluding hydrogens is 311 g/mol. The van der Waals surface area contributed by atoms with Crippen molar-refractivity contribution in [3.63, 3.8) is 0 Å². The third-order valence-electron chi connectivity index (χ3n) is 3.68. The lowest BCUT2D eigenvalue weighted by Gasteiger charge is -2.27. The van der Waals surface area contributed by atoms with Crippen LogP contribution in [0.25, 0.3) is 0 Å². The van der Waals surface area contributed by atoms with Crippen LogP contribution in [0, 0.1) is 19.7 Å². The fraction of sp³-hybridized carbons (Fsp3) is 0.571. The van der Waals surface area contributed by atoms with Gasteiger partial charge in [0.05, 0.1) is 10.6 Å². The Balaban J connectivity index is 3.41. The Kier molecular flexibility index (Phi) is 6.07. The average Bonchev–Trinajstić information content (AvgIpc) is 2.41. The predicted octanol–water partition coefficient (Wildman–Crippen LogP) is 2.79. The molecule has 0 saturated heterocycles. The lowest BCUT2D eigenvalue weighted by molar-refractivity contribution is 0.385. The average molecular weight is 334 g/mol. The first-order valence-electron chi connectivity index (χ1n) is 6.70. The second-order valence-electron chi connectivity index (χ2n) is 5.08. The van der Waals surface area contributed by atoms with Gasteiger partial charge in [-0.25, -0.2) is 12.8 Å². The van der Waals surface area contributed by atoms with Gasteiger partial charge in [-0.3, -0.25) is 0 Å². The highest BCUT2D eigenvalue weighted by atomic mass is 32.2. The molecule has 2 N–H and O–H groups in total. The summed E-state index contributed by atoms with van der Waals surface area (Å²) in [7, 11) is -2.13. The molecule has 1 rings (SSSR count). The topological polar surface area (TPSA) is 63.4 Å². The van der Waals surface area contributed by atoms with Gasteiger partial charge < -0.3 is 5.73 Å². The number of anilines is 1. The van der Waals surface area contributed by atoms with E-state index in [-0.39, 0.29) is 22.2 Å². The summed E-state index contributed by atoms with van der Waals surface area (Å²) in [5.74, 6) is 0.129. The van der Waals surface area contributed by atoms with E-state index in [4.69, 9.17) is 5.73 Å². The van der Waals surface area contributed by atoms with E-state index in [0.717, 1.165) is 0 Å². The van der Waals surface area contributed by atoms with Gasteiger partial charge in [-0.15, -0.1) is 0 Å². The molecule has 1 atom stereocenters. The summed E-state index contributed by atoms with van der Waals surface area (Å²) < 4.78 is 40.7. The highest BCUT2D eigenvalue weighted by molar-refractivity contribution is 7.98. The lowest BCUT2D eigenvalue weighted by Crippen LogP contribution is -2.39. The van der Waals surface area contributed by atoms with Gasteiger partial charge in [0, 0.05) is 18.8 Å². The van der Waals surface area contributed by atoms with E-state index in [1.807, 2.05) is 13.2 Å². The number of aryl methyl sites for hydroxylation is 1. The Bertz CT molecular complexity index is 618. The number of nitrogens with two attached hydrogens (primary N) is 1. The molecule has 21 heavy (non-hydrogen) atoms. The Morgan fingerprint density at radius 2 is 2.00 bits per heavy atom. The SMILES string of the molecule is CCC(CSC)N(C)S(=O)(=O)c1c(C)cc(F)c(N)c1C. The molecule has 0 aliphatic heterocycles. The zero-order valence-corrected chi connectivity index (χ0v) is 14.7. The van der Waals surface area contributed by atoms with Gasteiger partial charge in [-0.05, 0) is 43.7 Å². The second-order valence-corrected chi connectivity index (χ2v) is 7.93. The number of rotatable bonds is 6. The molecule has 0 radical (unpaired) electrons. The van der Waals surface area contributed by atoms with Crippen LogP contribution in [-0.2, 0) is 10.0 Å². The quantitative estimate of drug-likeness (QED) is 0.813. The Morgan fingerprint density at radius 1 is 1.43 bits per heavy atom. The van der Waals surface area contributed by atoms with Crippen LogP contribution < -0.4 is 5.73 Å². The normalized spacial score (nSPS) is 13.7. The maximum Gasteiger partial charge on any atom is 0.243 e. The van der Waals surface area contributed by atoms with Crippen molar-refractivity contribution in [1.82, 2.24) is 4.31 Å². The van der Waals surface area contributed by atoms with Gasteiger partial charge >= 0.3 is 0 Å².